The first kappa shape index (κ1) is 17.3. The second-order valence-electron chi connectivity index (χ2n) is 5.93. The highest BCUT2D eigenvalue weighted by molar-refractivity contribution is 7.87. The van der Waals surface area contributed by atoms with E-state index < -0.39 is 10.1 Å². The Bertz CT molecular complexity index is 1230. The summed E-state index contributed by atoms with van der Waals surface area (Å²) in [6.07, 6.45) is 0. The molecule has 0 aliphatic rings. The standard InChI is InChI=1S/C20H16N2O4S/c23-19-13-12-15-7-2-4-10-17(15)20(19)27(24,25)26-22-21-18-11-5-8-14-6-1-3-9-16(14)18/h1-13,21-23H. The summed E-state index contributed by atoms with van der Waals surface area (Å²) in [5, 5.41) is 13.1. The van der Waals surface area contributed by atoms with Gasteiger partial charge in [-0.3, -0.25) is 5.43 Å². The number of hydrogen-bond donors (Lipinski definition) is 3. The smallest absolute Gasteiger partial charge is 0.318 e. The van der Waals surface area contributed by atoms with Crippen LogP contribution < -0.4 is 11.0 Å². The molecule has 4 aromatic carbocycles. The van der Waals surface area contributed by atoms with E-state index in [4.69, 9.17) is 4.28 Å². The number of benzene rings is 4. The van der Waals surface area contributed by atoms with Crippen molar-refractivity contribution in [3.05, 3.63) is 78.9 Å². The first-order valence-corrected chi connectivity index (χ1v) is 9.60. The summed E-state index contributed by atoms with van der Waals surface area (Å²) >= 11 is 0. The quantitative estimate of drug-likeness (QED) is 0.455. The number of aromatic hydroxyl groups is 1. The second-order valence-corrected chi connectivity index (χ2v) is 7.41. The van der Waals surface area contributed by atoms with Gasteiger partial charge in [-0.1, -0.05) is 72.3 Å². The number of anilines is 1. The molecule has 0 aliphatic carbocycles. The van der Waals surface area contributed by atoms with Gasteiger partial charge in [0.2, 0.25) is 0 Å². The summed E-state index contributed by atoms with van der Waals surface area (Å²) < 4.78 is 30.2. The summed E-state index contributed by atoms with van der Waals surface area (Å²) in [6.45, 7) is 0. The van der Waals surface area contributed by atoms with Crippen LogP contribution in [0.25, 0.3) is 21.5 Å². The number of rotatable bonds is 5. The van der Waals surface area contributed by atoms with Crippen LogP contribution in [0.4, 0.5) is 5.69 Å². The zero-order valence-corrected chi connectivity index (χ0v) is 14.9. The van der Waals surface area contributed by atoms with Crippen molar-refractivity contribution in [3.63, 3.8) is 0 Å². The van der Waals surface area contributed by atoms with Crippen LogP contribution in [-0.4, -0.2) is 13.5 Å². The van der Waals surface area contributed by atoms with Crippen molar-refractivity contribution < 1.29 is 17.8 Å². The van der Waals surface area contributed by atoms with Crippen LogP contribution >= 0.6 is 0 Å². The van der Waals surface area contributed by atoms with E-state index in [-0.39, 0.29) is 10.6 Å². The topological polar surface area (TPSA) is 87.7 Å². The predicted octanol–water partition coefficient (Wildman–Crippen LogP) is 3.94. The largest absolute Gasteiger partial charge is 0.506 e. The van der Waals surface area contributed by atoms with Gasteiger partial charge in [0.15, 0.2) is 0 Å². The number of phenols is 1. The molecule has 0 spiro atoms. The Kier molecular flexibility index (Phi) is 4.41. The number of hydrazine groups is 1. The fourth-order valence-electron chi connectivity index (χ4n) is 3.00. The zero-order valence-electron chi connectivity index (χ0n) is 14.1. The molecule has 0 saturated carbocycles. The maximum atomic E-state index is 12.6. The zero-order chi connectivity index (χ0) is 18.9. The van der Waals surface area contributed by atoms with Crippen LogP contribution in [0.15, 0.2) is 83.8 Å². The van der Waals surface area contributed by atoms with Crippen LogP contribution in [0.3, 0.4) is 0 Å². The van der Waals surface area contributed by atoms with Crippen molar-refractivity contribution in [3.8, 4) is 5.75 Å². The molecular weight excluding hydrogens is 364 g/mol. The van der Waals surface area contributed by atoms with E-state index in [0.29, 0.717) is 16.5 Å². The van der Waals surface area contributed by atoms with Gasteiger partial charge in [-0.25, -0.2) is 0 Å². The summed E-state index contributed by atoms with van der Waals surface area (Å²) in [7, 11) is -4.26. The normalized spacial score (nSPS) is 11.7. The van der Waals surface area contributed by atoms with Crippen LogP contribution in [0, 0.1) is 0 Å². The molecule has 0 radical (unpaired) electrons. The summed E-state index contributed by atoms with van der Waals surface area (Å²) in [5.74, 6) is -0.374. The molecule has 0 saturated heterocycles. The predicted molar refractivity (Wildman–Crippen MR) is 105 cm³/mol. The molecular formula is C20H16N2O4S. The van der Waals surface area contributed by atoms with Crippen LogP contribution in [0.5, 0.6) is 5.75 Å². The van der Waals surface area contributed by atoms with E-state index in [1.54, 1.807) is 36.4 Å². The van der Waals surface area contributed by atoms with Gasteiger partial charge in [0.1, 0.15) is 10.6 Å². The molecule has 0 unspecified atom stereocenters. The van der Waals surface area contributed by atoms with Gasteiger partial charge < -0.3 is 5.11 Å². The van der Waals surface area contributed by atoms with E-state index in [0.717, 1.165) is 10.8 Å². The third-order valence-electron chi connectivity index (χ3n) is 4.24. The molecule has 0 fully saturated rings. The SMILES string of the molecule is O=S(=O)(ONNc1cccc2ccccc12)c1c(O)ccc2ccccc12. The molecule has 4 aromatic rings. The van der Waals surface area contributed by atoms with Gasteiger partial charge in [-0.15, -0.1) is 0 Å². The van der Waals surface area contributed by atoms with E-state index >= 15 is 0 Å². The minimum absolute atomic E-state index is 0.284. The molecule has 0 bridgehead atoms. The molecule has 0 atom stereocenters. The van der Waals surface area contributed by atoms with Gasteiger partial charge >= 0.3 is 10.1 Å². The van der Waals surface area contributed by atoms with Crippen molar-refractivity contribution in [1.82, 2.24) is 5.59 Å². The molecule has 136 valence electrons. The van der Waals surface area contributed by atoms with E-state index in [1.165, 1.54) is 6.07 Å². The number of phenolic OH excluding ortho intramolecular Hbond substituents is 1. The summed E-state index contributed by atoms with van der Waals surface area (Å²) in [5.41, 5.74) is 5.68. The van der Waals surface area contributed by atoms with Gasteiger partial charge in [0.25, 0.3) is 0 Å². The molecule has 27 heavy (non-hydrogen) atoms. The van der Waals surface area contributed by atoms with Crippen molar-refractivity contribution in [1.29, 1.82) is 0 Å². The molecule has 0 aliphatic heterocycles. The first-order valence-electron chi connectivity index (χ1n) is 8.19. The van der Waals surface area contributed by atoms with E-state index in [9.17, 15) is 13.5 Å². The molecule has 7 heteroatoms. The second kappa shape index (κ2) is 6.88. The maximum Gasteiger partial charge on any atom is 0.318 e. The number of hydrogen-bond acceptors (Lipinski definition) is 6. The van der Waals surface area contributed by atoms with Crippen molar-refractivity contribution in [2.24, 2.45) is 0 Å². The minimum atomic E-state index is -4.26. The third kappa shape index (κ3) is 3.31. The van der Waals surface area contributed by atoms with Crippen molar-refractivity contribution in [2.45, 2.75) is 4.90 Å². The highest BCUT2D eigenvalue weighted by Gasteiger charge is 2.23. The fraction of sp³-hybridized carbons (Fsp3) is 0. The van der Waals surface area contributed by atoms with E-state index in [2.05, 4.69) is 11.0 Å². The first-order chi connectivity index (χ1) is 13.1. The van der Waals surface area contributed by atoms with Crippen LogP contribution in [-0.2, 0) is 14.4 Å². The Hall–Kier alpha value is -3.13. The van der Waals surface area contributed by atoms with E-state index in [1.807, 2.05) is 36.4 Å². The molecule has 0 heterocycles. The highest BCUT2D eigenvalue weighted by Crippen LogP contribution is 2.32. The summed E-state index contributed by atoms with van der Waals surface area (Å²) in [4.78, 5) is -0.284. The lowest BCUT2D eigenvalue weighted by atomic mass is 10.1. The van der Waals surface area contributed by atoms with Crippen molar-refractivity contribution in [2.75, 3.05) is 5.43 Å². The highest BCUT2D eigenvalue weighted by atomic mass is 32.2. The molecule has 0 amide bonds. The number of fused-ring (bicyclic) bond motifs is 2. The Morgan fingerprint density at radius 1 is 0.741 bits per heavy atom. The van der Waals surface area contributed by atoms with Crippen molar-refractivity contribution >= 4 is 37.4 Å². The third-order valence-corrected chi connectivity index (χ3v) is 5.47. The monoisotopic (exact) mass is 380 g/mol. The number of nitrogens with one attached hydrogen (secondary N) is 2. The molecule has 4 rings (SSSR count). The average molecular weight is 380 g/mol. The van der Waals surface area contributed by atoms with Gasteiger partial charge in [-0.2, -0.15) is 12.7 Å². The lowest BCUT2D eigenvalue weighted by Crippen LogP contribution is -2.26. The Balaban J connectivity index is 1.61. The fourth-order valence-corrected chi connectivity index (χ4v) is 4.02. The van der Waals surface area contributed by atoms with Gasteiger partial charge in [0.05, 0.1) is 5.69 Å². The maximum absolute atomic E-state index is 12.6. The van der Waals surface area contributed by atoms with Gasteiger partial charge in [0, 0.05) is 10.8 Å². The summed E-state index contributed by atoms with van der Waals surface area (Å²) in [6, 6.07) is 23.1. The lowest BCUT2D eigenvalue weighted by molar-refractivity contribution is 0.229. The van der Waals surface area contributed by atoms with Crippen LogP contribution in [0.1, 0.15) is 0 Å². The lowest BCUT2D eigenvalue weighted by Gasteiger charge is -2.13. The van der Waals surface area contributed by atoms with Crippen LogP contribution in [0.2, 0.25) is 0 Å². The minimum Gasteiger partial charge on any atom is -0.506 e. The molecule has 6 nitrogen and oxygen atoms in total. The Labute approximate surface area is 156 Å². The average Bonchev–Trinajstić information content (AvgIpc) is 2.67. The Morgan fingerprint density at radius 3 is 2.15 bits per heavy atom. The Morgan fingerprint density at radius 2 is 1.37 bits per heavy atom. The molecule has 0 aromatic heterocycles. The molecule has 3 N–H and O–H groups in total. The van der Waals surface area contributed by atoms with Gasteiger partial charge in [-0.05, 0) is 22.9 Å².